The molecule has 2 aromatic carbocycles. The second-order valence-corrected chi connectivity index (χ2v) is 9.47. The highest BCUT2D eigenvalue weighted by atomic mass is 35.5. The van der Waals surface area contributed by atoms with Gasteiger partial charge in [-0.3, -0.25) is 24.6 Å². The fraction of sp³-hybridized carbons (Fsp3) is 0.348. The molecular formula is C23H23Cl2N5O3. The molecule has 0 spiro atoms. The van der Waals surface area contributed by atoms with Gasteiger partial charge in [0.2, 0.25) is 17.7 Å². The van der Waals surface area contributed by atoms with Gasteiger partial charge in [-0.05, 0) is 35.7 Å². The first kappa shape index (κ1) is 22.2. The molecule has 2 saturated heterocycles. The molecular weight excluding hydrogens is 465 g/mol. The Labute approximate surface area is 201 Å². The van der Waals surface area contributed by atoms with E-state index in [2.05, 4.69) is 38.3 Å². The van der Waals surface area contributed by atoms with Gasteiger partial charge in [-0.15, -0.1) is 0 Å². The van der Waals surface area contributed by atoms with E-state index in [4.69, 9.17) is 23.2 Å². The molecule has 0 radical (unpaired) electrons. The first-order valence-electron chi connectivity index (χ1n) is 10.8. The molecule has 2 fully saturated rings. The number of halogens is 2. The summed E-state index contributed by atoms with van der Waals surface area (Å²) in [5.74, 6) is -2.57. The molecule has 3 heterocycles. The molecule has 0 aliphatic carbocycles. The minimum absolute atomic E-state index is 0.0852. The number of rotatable bonds is 3. The lowest BCUT2D eigenvalue weighted by Crippen LogP contribution is -2.74. The fourth-order valence-electron chi connectivity index (χ4n) is 4.85. The topological polar surface area (TPSA) is 103 Å². The van der Waals surface area contributed by atoms with Gasteiger partial charge < -0.3 is 16.0 Å². The standard InChI is InChI=1S/C23H23Cl2N5O3/c24-14-7-15(25)9-16(8-14)26-21(32)17-10-18(31)27-20-19(17)22(33)29-23(28-20)30-6-5-12-3-1-2-4-13(12)11-30/h1-4,7-9,17,19-20,23,28H,5-6,10-11H2,(H,26,32)(H,27,31)(H,29,33). The number of benzene rings is 2. The smallest absolute Gasteiger partial charge is 0.229 e. The highest BCUT2D eigenvalue weighted by Crippen LogP contribution is 2.30. The number of carbonyl (C=O) groups excluding carboxylic acids is 3. The third-order valence-corrected chi connectivity index (χ3v) is 6.86. The predicted octanol–water partition coefficient (Wildman–Crippen LogP) is 2.07. The summed E-state index contributed by atoms with van der Waals surface area (Å²) in [5.41, 5.74) is 2.93. The van der Waals surface area contributed by atoms with Crippen molar-refractivity contribution >= 4 is 46.6 Å². The Bertz CT molecular complexity index is 1110. The van der Waals surface area contributed by atoms with Crippen molar-refractivity contribution < 1.29 is 14.4 Å². The van der Waals surface area contributed by atoms with Gasteiger partial charge in [0.1, 0.15) is 6.29 Å². The van der Waals surface area contributed by atoms with Crippen molar-refractivity contribution in [3.63, 3.8) is 0 Å². The van der Waals surface area contributed by atoms with E-state index in [1.54, 1.807) is 18.2 Å². The zero-order valence-corrected chi connectivity index (χ0v) is 19.1. The first-order chi connectivity index (χ1) is 15.9. The van der Waals surface area contributed by atoms with E-state index >= 15 is 0 Å². The van der Waals surface area contributed by atoms with Crippen LogP contribution in [0.3, 0.4) is 0 Å². The summed E-state index contributed by atoms with van der Waals surface area (Å²) in [7, 11) is 0. The Morgan fingerprint density at radius 1 is 1.03 bits per heavy atom. The van der Waals surface area contributed by atoms with Crippen LogP contribution in [-0.2, 0) is 27.3 Å². The van der Waals surface area contributed by atoms with Crippen LogP contribution >= 0.6 is 23.2 Å². The van der Waals surface area contributed by atoms with Crippen molar-refractivity contribution in [1.29, 1.82) is 0 Å². The second kappa shape index (κ2) is 8.95. The Hall–Kier alpha value is -2.65. The third kappa shape index (κ3) is 4.56. The molecule has 10 heteroatoms. The molecule has 4 N–H and O–H groups in total. The molecule has 4 unspecified atom stereocenters. The molecule has 172 valence electrons. The van der Waals surface area contributed by atoms with Crippen LogP contribution in [0.4, 0.5) is 5.69 Å². The average Bonchev–Trinajstić information content (AvgIpc) is 2.77. The van der Waals surface area contributed by atoms with E-state index in [1.165, 1.54) is 11.1 Å². The molecule has 4 atom stereocenters. The van der Waals surface area contributed by atoms with Crippen LogP contribution < -0.4 is 21.3 Å². The number of anilines is 1. The minimum atomic E-state index is -0.836. The minimum Gasteiger partial charge on any atom is -0.340 e. The van der Waals surface area contributed by atoms with Gasteiger partial charge in [0.05, 0.1) is 18.0 Å². The van der Waals surface area contributed by atoms with Crippen LogP contribution in [0.2, 0.25) is 10.0 Å². The number of amides is 3. The van der Waals surface area contributed by atoms with Gasteiger partial charge in [0.25, 0.3) is 0 Å². The molecule has 0 saturated carbocycles. The maximum atomic E-state index is 13.2. The van der Waals surface area contributed by atoms with Crippen molar-refractivity contribution in [2.75, 3.05) is 11.9 Å². The second-order valence-electron chi connectivity index (χ2n) is 8.60. The van der Waals surface area contributed by atoms with Gasteiger partial charge in [-0.2, -0.15) is 0 Å². The Balaban J connectivity index is 1.31. The normalized spacial score (nSPS) is 27.1. The van der Waals surface area contributed by atoms with Crippen molar-refractivity contribution in [2.24, 2.45) is 11.8 Å². The van der Waals surface area contributed by atoms with Crippen LogP contribution in [0.15, 0.2) is 42.5 Å². The highest BCUT2D eigenvalue weighted by molar-refractivity contribution is 6.35. The number of nitrogens with zero attached hydrogens (tertiary/aromatic N) is 1. The van der Waals surface area contributed by atoms with Crippen LogP contribution in [0, 0.1) is 11.8 Å². The summed E-state index contributed by atoms with van der Waals surface area (Å²) in [5, 5.41) is 12.7. The number of nitrogens with one attached hydrogen (secondary N) is 4. The summed E-state index contributed by atoms with van der Waals surface area (Å²) in [6.45, 7) is 1.44. The molecule has 5 rings (SSSR count). The van der Waals surface area contributed by atoms with E-state index in [0.717, 1.165) is 13.0 Å². The third-order valence-electron chi connectivity index (χ3n) is 6.43. The lowest BCUT2D eigenvalue weighted by atomic mass is 9.81. The maximum absolute atomic E-state index is 13.2. The molecule has 3 amide bonds. The van der Waals surface area contributed by atoms with Crippen molar-refractivity contribution in [1.82, 2.24) is 20.9 Å². The number of fused-ring (bicyclic) bond motifs is 2. The lowest BCUT2D eigenvalue weighted by molar-refractivity contribution is -0.147. The summed E-state index contributed by atoms with van der Waals surface area (Å²) in [4.78, 5) is 40.8. The number of piperidine rings is 1. The monoisotopic (exact) mass is 487 g/mol. The van der Waals surface area contributed by atoms with Crippen molar-refractivity contribution in [3.8, 4) is 0 Å². The van der Waals surface area contributed by atoms with E-state index < -0.39 is 30.2 Å². The van der Waals surface area contributed by atoms with Gasteiger partial charge in [0, 0.05) is 35.2 Å². The Morgan fingerprint density at radius 2 is 1.76 bits per heavy atom. The number of carbonyl (C=O) groups is 3. The number of hydrogen-bond acceptors (Lipinski definition) is 5. The SMILES string of the molecule is O=C1CC(C(=O)Nc2cc(Cl)cc(Cl)c2)C2C(=O)NC(N3CCc4ccccc4C3)NC2N1. The van der Waals surface area contributed by atoms with Crippen molar-refractivity contribution in [2.45, 2.75) is 31.8 Å². The van der Waals surface area contributed by atoms with E-state index in [0.29, 0.717) is 22.3 Å². The van der Waals surface area contributed by atoms with Gasteiger partial charge in [-0.25, -0.2) is 0 Å². The fourth-order valence-corrected chi connectivity index (χ4v) is 5.38. The quantitative estimate of drug-likeness (QED) is 0.530. The maximum Gasteiger partial charge on any atom is 0.229 e. The molecule has 2 aromatic rings. The molecule has 3 aliphatic rings. The average molecular weight is 488 g/mol. The van der Waals surface area contributed by atoms with Crippen LogP contribution in [0.25, 0.3) is 0 Å². The summed E-state index contributed by atoms with van der Waals surface area (Å²) < 4.78 is 0. The number of hydrogen-bond donors (Lipinski definition) is 4. The molecule has 0 aromatic heterocycles. The largest absolute Gasteiger partial charge is 0.340 e. The van der Waals surface area contributed by atoms with Crippen LogP contribution in [0.1, 0.15) is 17.5 Å². The summed E-state index contributed by atoms with van der Waals surface area (Å²) in [6.07, 6.45) is -0.308. The van der Waals surface area contributed by atoms with Gasteiger partial charge in [0.15, 0.2) is 0 Å². The van der Waals surface area contributed by atoms with Crippen LogP contribution in [0.5, 0.6) is 0 Å². The Kier molecular flexibility index (Phi) is 6.01. The summed E-state index contributed by atoms with van der Waals surface area (Å²) >= 11 is 12.0. The van der Waals surface area contributed by atoms with E-state index in [9.17, 15) is 14.4 Å². The molecule has 33 heavy (non-hydrogen) atoms. The zero-order valence-electron chi connectivity index (χ0n) is 17.6. The molecule has 0 bridgehead atoms. The summed E-state index contributed by atoms with van der Waals surface area (Å²) in [6, 6.07) is 12.9. The van der Waals surface area contributed by atoms with Crippen LogP contribution in [-0.4, -0.2) is 41.6 Å². The van der Waals surface area contributed by atoms with Gasteiger partial charge in [-0.1, -0.05) is 47.5 Å². The molecule has 3 aliphatic heterocycles. The predicted molar refractivity (Wildman–Crippen MR) is 124 cm³/mol. The zero-order chi connectivity index (χ0) is 23.1. The van der Waals surface area contributed by atoms with E-state index in [1.807, 2.05) is 12.1 Å². The van der Waals surface area contributed by atoms with Crippen molar-refractivity contribution in [3.05, 3.63) is 63.6 Å². The first-order valence-corrected chi connectivity index (χ1v) is 11.6. The highest BCUT2D eigenvalue weighted by Gasteiger charge is 2.49. The van der Waals surface area contributed by atoms with Gasteiger partial charge >= 0.3 is 0 Å². The lowest BCUT2D eigenvalue weighted by Gasteiger charge is -2.47. The van der Waals surface area contributed by atoms with E-state index in [-0.39, 0.29) is 18.2 Å². The Morgan fingerprint density at radius 3 is 2.52 bits per heavy atom. The molecule has 8 nitrogen and oxygen atoms in total.